The Hall–Kier alpha value is -3.53. The van der Waals surface area contributed by atoms with E-state index in [0.29, 0.717) is 11.1 Å². The Bertz CT molecular complexity index is 1150. The maximum atomic E-state index is 13.5. The van der Waals surface area contributed by atoms with Crippen LogP contribution < -0.4 is 16.8 Å². The van der Waals surface area contributed by atoms with Gasteiger partial charge in [0, 0.05) is 25.6 Å². The first-order valence-electron chi connectivity index (χ1n) is 12.6. The summed E-state index contributed by atoms with van der Waals surface area (Å²) in [6, 6.07) is 4.76. The summed E-state index contributed by atoms with van der Waals surface area (Å²) in [4.78, 5) is 43.8. The van der Waals surface area contributed by atoms with Crippen molar-refractivity contribution in [1.82, 2.24) is 15.2 Å². The largest absolute Gasteiger partial charge is 0.508 e. The number of phenolic OH excluding ortho intramolecular Hbond substituents is 1. The molecule has 38 heavy (non-hydrogen) atoms. The van der Waals surface area contributed by atoms with Crippen LogP contribution in [0.25, 0.3) is 0 Å². The summed E-state index contributed by atoms with van der Waals surface area (Å²) in [5, 5.41) is 13.0. The first kappa shape index (κ1) is 30.7. The number of hydrogen-bond acceptors (Lipinski definition) is 6. The Labute approximate surface area is 223 Å². The number of phenols is 1. The number of aromatic hydroxyl groups is 1. The predicted octanol–water partition coefficient (Wildman–Crippen LogP) is 2.35. The molecule has 2 unspecified atom stereocenters. The van der Waals surface area contributed by atoms with Gasteiger partial charge in [-0.15, -0.1) is 0 Å². The van der Waals surface area contributed by atoms with Gasteiger partial charge in [0.2, 0.25) is 23.7 Å². The molecule has 6 N–H and O–H groups in total. The Kier molecular flexibility index (Phi) is 9.97. The van der Waals surface area contributed by atoms with Crippen molar-refractivity contribution in [3.8, 4) is 5.75 Å². The van der Waals surface area contributed by atoms with Crippen molar-refractivity contribution in [3.05, 3.63) is 59.2 Å². The van der Waals surface area contributed by atoms with Crippen LogP contribution in [0, 0.1) is 11.9 Å². The molecule has 208 valence electrons. The van der Waals surface area contributed by atoms with Gasteiger partial charge < -0.3 is 26.8 Å². The zero-order valence-electron chi connectivity index (χ0n) is 23.2. The van der Waals surface area contributed by atoms with Gasteiger partial charge in [0.1, 0.15) is 17.8 Å². The standard InChI is InChI=1S/C28H40FN5O4/c1-15(2)24(33-26(37)23(30)16(3)18-9-11-22(29)32-14-18)27(38)34(7)20(25(31)36)13-17-8-10-21(35)19(12-17)28(4,5)6/h8-12,14-16,20,23-24,35H,13,30H2,1-7H3,(H2,31,36)(H,33,37)/t16?,20-,23?,24-/m0/s1. The second kappa shape index (κ2) is 12.3. The second-order valence-electron chi connectivity index (χ2n) is 11.1. The molecule has 0 radical (unpaired) electrons. The molecule has 2 rings (SSSR count). The quantitative estimate of drug-likeness (QED) is 0.347. The number of nitrogens with one attached hydrogen (secondary N) is 1. The average Bonchev–Trinajstić information content (AvgIpc) is 2.84. The summed E-state index contributed by atoms with van der Waals surface area (Å²) < 4.78 is 13.2. The Morgan fingerprint density at radius 2 is 1.76 bits per heavy atom. The topological polar surface area (TPSA) is 152 Å². The lowest BCUT2D eigenvalue weighted by Crippen LogP contribution is -2.58. The fraction of sp³-hybridized carbons (Fsp3) is 0.500. The molecule has 0 bridgehead atoms. The van der Waals surface area contributed by atoms with E-state index in [2.05, 4.69) is 10.3 Å². The number of benzene rings is 1. The molecule has 2 aromatic rings. The molecule has 0 aliphatic heterocycles. The molecule has 0 aliphatic carbocycles. The van der Waals surface area contributed by atoms with Gasteiger partial charge in [0.15, 0.2) is 0 Å². The molecule has 1 aromatic carbocycles. The second-order valence-corrected chi connectivity index (χ2v) is 11.1. The average molecular weight is 530 g/mol. The van der Waals surface area contributed by atoms with Crippen LogP contribution in [0.2, 0.25) is 0 Å². The van der Waals surface area contributed by atoms with E-state index in [-0.39, 0.29) is 23.5 Å². The lowest BCUT2D eigenvalue weighted by Gasteiger charge is -2.32. The van der Waals surface area contributed by atoms with Gasteiger partial charge in [-0.05, 0) is 40.2 Å². The van der Waals surface area contributed by atoms with E-state index in [1.165, 1.54) is 30.3 Å². The zero-order valence-corrected chi connectivity index (χ0v) is 23.2. The Balaban J connectivity index is 2.23. The molecular weight excluding hydrogens is 489 g/mol. The number of likely N-dealkylation sites (N-methyl/N-ethyl adjacent to an activating group) is 1. The fourth-order valence-electron chi connectivity index (χ4n) is 4.19. The van der Waals surface area contributed by atoms with Crippen molar-refractivity contribution >= 4 is 17.7 Å². The van der Waals surface area contributed by atoms with Crippen LogP contribution in [0.4, 0.5) is 4.39 Å². The van der Waals surface area contributed by atoms with E-state index in [1.807, 2.05) is 20.8 Å². The summed E-state index contributed by atoms with van der Waals surface area (Å²) in [7, 11) is 1.47. The van der Waals surface area contributed by atoms with E-state index < -0.39 is 47.7 Å². The van der Waals surface area contributed by atoms with Crippen LogP contribution in [0.5, 0.6) is 5.75 Å². The maximum absolute atomic E-state index is 13.5. The van der Waals surface area contributed by atoms with Crippen molar-refractivity contribution in [1.29, 1.82) is 0 Å². The van der Waals surface area contributed by atoms with E-state index in [0.717, 1.165) is 5.56 Å². The minimum absolute atomic E-state index is 0.133. The lowest BCUT2D eigenvalue weighted by molar-refractivity contribution is -0.142. The van der Waals surface area contributed by atoms with Crippen LogP contribution in [-0.4, -0.2) is 57.9 Å². The lowest BCUT2D eigenvalue weighted by atomic mass is 9.84. The number of hydrogen-bond donors (Lipinski definition) is 4. The van der Waals surface area contributed by atoms with Gasteiger partial charge in [0.05, 0.1) is 6.04 Å². The molecule has 9 nitrogen and oxygen atoms in total. The third-order valence-electron chi connectivity index (χ3n) is 6.79. The Morgan fingerprint density at radius 3 is 2.26 bits per heavy atom. The summed E-state index contributed by atoms with van der Waals surface area (Å²) in [5.74, 6) is -3.06. The molecule has 0 spiro atoms. The smallest absolute Gasteiger partial charge is 0.245 e. The molecule has 0 saturated carbocycles. The third kappa shape index (κ3) is 7.50. The summed E-state index contributed by atoms with van der Waals surface area (Å²) in [6.45, 7) is 11.1. The first-order chi connectivity index (χ1) is 17.5. The summed E-state index contributed by atoms with van der Waals surface area (Å²) in [5.41, 5.74) is 13.5. The van der Waals surface area contributed by atoms with Gasteiger partial charge in [-0.25, -0.2) is 4.98 Å². The van der Waals surface area contributed by atoms with Crippen molar-refractivity contribution in [2.75, 3.05) is 7.05 Å². The van der Waals surface area contributed by atoms with Crippen LogP contribution in [0.1, 0.15) is 64.2 Å². The fourth-order valence-corrected chi connectivity index (χ4v) is 4.19. The molecule has 3 amide bonds. The van der Waals surface area contributed by atoms with Crippen LogP contribution >= 0.6 is 0 Å². The molecule has 4 atom stereocenters. The van der Waals surface area contributed by atoms with Crippen molar-refractivity contribution in [2.45, 2.75) is 77.4 Å². The number of pyridine rings is 1. The number of primary amides is 1. The SMILES string of the molecule is CC(c1ccc(F)nc1)C(N)C(=O)N[C@H](C(=O)N(C)[C@@H](Cc1ccc(O)c(C(C)(C)C)c1)C(N)=O)C(C)C. The van der Waals surface area contributed by atoms with E-state index in [4.69, 9.17) is 11.5 Å². The van der Waals surface area contributed by atoms with Gasteiger partial charge in [-0.3, -0.25) is 14.4 Å². The molecule has 10 heteroatoms. The monoisotopic (exact) mass is 529 g/mol. The molecule has 0 fully saturated rings. The number of nitrogens with zero attached hydrogens (tertiary/aromatic N) is 2. The highest BCUT2D eigenvalue weighted by molar-refractivity contribution is 5.93. The number of aromatic nitrogens is 1. The highest BCUT2D eigenvalue weighted by atomic mass is 19.1. The molecule has 0 aliphatic rings. The van der Waals surface area contributed by atoms with Crippen molar-refractivity contribution in [2.24, 2.45) is 17.4 Å². The molecular formula is C28H40FN5O4. The summed E-state index contributed by atoms with van der Waals surface area (Å²) >= 11 is 0. The van der Waals surface area contributed by atoms with Gasteiger partial charge in [-0.1, -0.05) is 59.7 Å². The Morgan fingerprint density at radius 1 is 1.13 bits per heavy atom. The van der Waals surface area contributed by atoms with Crippen LogP contribution in [-0.2, 0) is 26.2 Å². The third-order valence-corrected chi connectivity index (χ3v) is 6.79. The number of carbonyl (C=O) groups excluding carboxylic acids is 3. The zero-order chi connectivity index (χ0) is 28.9. The number of carbonyl (C=O) groups is 3. The van der Waals surface area contributed by atoms with E-state index >= 15 is 0 Å². The molecule has 0 saturated heterocycles. The number of rotatable bonds is 10. The van der Waals surface area contributed by atoms with Crippen LogP contribution in [0.15, 0.2) is 36.5 Å². The molecule has 1 aromatic heterocycles. The van der Waals surface area contributed by atoms with E-state index in [9.17, 15) is 23.9 Å². The number of nitrogens with two attached hydrogens (primary N) is 2. The van der Waals surface area contributed by atoms with Gasteiger partial charge in [-0.2, -0.15) is 4.39 Å². The first-order valence-corrected chi connectivity index (χ1v) is 12.6. The normalized spacial score (nSPS) is 14.9. The van der Waals surface area contributed by atoms with E-state index in [1.54, 1.807) is 39.0 Å². The highest BCUT2D eigenvalue weighted by Crippen LogP contribution is 2.31. The highest BCUT2D eigenvalue weighted by Gasteiger charge is 2.35. The number of halogens is 1. The van der Waals surface area contributed by atoms with Crippen LogP contribution in [0.3, 0.4) is 0 Å². The maximum Gasteiger partial charge on any atom is 0.245 e. The minimum atomic E-state index is -1.03. The van der Waals surface area contributed by atoms with Crippen molar-refractivity contribution < 1.29 is 23.9 Å². The summed E-state index contributed by atoms with van der Waals surface area (Å²) in [6.07, 6.45) is 1.45. The number of amides is 3. The minimum Gasteiger partial charge on any atom is -0.508 e. The molecule has 1 heterocycles. The van der Waals surface area contributed by atoms with Gasteiger partial charge >= 0.3 is 0 Å². The predicted molar refractivity (Wildman–Crippen MR) is 144 cm³/mol. The van der Waals surface area contributed by atoms with Crippen molar-refractivity contribution in [3.63, 3.8) is 0 Å². The van der Waals surface area contributed by atoms with Gasteiger partial charge in [0.25, 0.3) is 0 Å².